The maximum Gasteiger partial charge on any atom is 0.331 e. The van der Waals surface area contributed by atoms with Crippen LogP contribution in [0.1, 0.15) is 44.2 Å². The highest BCUT2D eigenvalue weighted by Crippen LogP contribution is 2.30. The molecule has 8 nitrogen and oxygen atoms in total. The topological polar surface area (TPSA) is 108 Å². The van der Waals surface area contributed by atoms with Gasteiger partial charge in [-0.15, -0.1) is 0 Å². The first-order chi connectivity index (χ1) is 15.9. The van der Waals surface area contributed by atoms with Crippen molar-refractivity contribution < 1.29 is 29.0 Å². The number of carboxylic acids is 1. The Bertz CT molecular complexity index is 938. The van der Waals surface area contributed by atoms with Crippen molar-refractivity contribution in [3.05, 3.63) is 69.3 Å². The lowest BCUT2D eigenvalue weighted by Crippen LogP contribution is -2.06. The molecule has 0 radical (unpaired) electrons. The van der Waals surface area contributed by atoms with E-state index >= 15 is 0 Å². The maximum absolute atomic E-state index is 11.6. The third-order valence-electron chi connectivity index (χ3n) is 4.85. The zero-order valence-electron chi connectivity index (χ0n) is 19.1. The number of carboxylic acid groups (broad SMARTS) is 1. The van der Waals surface area contributed by atoms with Gasteiger partial charge in [-0.25, -0.2) is 4.79 Å². The van der Waals surface area contributed by atoms with Gasteiger partial charge in [-0.1, -0.05) is 31.5 Å². The van der Waals surface area contributed by atoms with E-state index in [2.05, 4.69) is 6.92 Å². The summed E-state index contributed by atoms with van der Waals surface area (Å²) in [6.07, 6.45) is 4.37. The highest BCUT2D eigenvalue weighted by Gasteiger charge is 2.11. The third-order valence-corrected chi connectivity index (χ3v) is 4.85. The van der Waals surface area contributed by atoms with E-state index < -0.39 is 10.9 Å². The molecule has 1 N–H and O–H groups in total. The van der Waals surface area contributed by atoms with Crippen molar-refractivity contribution in [2.75, 3.05) is 26.4 Å². The van der Waals surface area contributed by atoms with Crippen LogP contribution in [-0.4, -0.2) is 42.4 Å². The molecule has 0 spiro atoms. The number of aliphatic carboxylic acids is 1. The van der Waals surface area contributed by atoms with E-state index in [1.165, 1.54) is 12.1 Å². The number of nitrogens with zero attached hydrogens (tertiary/aromatic N) is 1. The number of nitro benzene ring substituents is 1. The smallest absolute Gasteiger partial charge is 0.331 e. The van der Waals surface area contributed by atoms with Crippen molar-refractivity contribution in [3.63, 3.8) is 0 Å². The van der Waals surface area contributed by atoms with E-state index in [0.29, 0.717) is 56.3 Å². The Labute approximate surface area is 193 Å². The molecule has 0 unspecified atom stereocenters. The number of nitro groups is 1. The van der Waals surface area contributed by atoms with E-state index in [0.717, 1.165) is 18.4 Å². The summed E-state index contributed by atoms with van der Waals surface area (Å²) in [6, 6.07) is 11.7. The van der Waals surface area contributed by atoms with Gasteiger partial charge in [0.1, 0.15) is 0 Å². The van der Waals surface area contributed by atoms with Gasteiger partial charge in [0.2, 0.25) is 0 Å². The molecule has 8 heteroatoms. The van der Waals surface area contributed by atoms with Crippen LogP contribution < -0.4 is 9.47 Å². The van der Waals surface area contributed by atoms with Gasteiger partial charge in [-0.3, -0.25) is 10.1 Å². The molecule has 0 aliphatic heterocycles. The minimum atomic E-state index is -0.980. The summed E-state index contributed by atoms with van der Waals surface area (Å²) in [4.78, 5) is 21.9. The van der Waals surface area contributed by atoms with Crippen LogP contribution in [-0.2, 0) is 16.0 Å². The number of hydrogen-bond donors (Lipinski definition) is 1. The molecular weight excluding hydrogens is 426 g/mol. The molecule has 0 amide bonds. The molecule has 33 heavy (non-hydrogen) atoms. The molecular formula is C25H31NO7. The molecule has 0 aromatic heterocycles. The van der Waals surface area contributed by atoms with Crippen molar-refractivity contribution in [1.82, 2.24) is 0 Å². The number of hydrogen-bond acceptors (Lipinski definition) is 6. The number of benzene rings is 2. The van der Waals surface area contributed by atoms with Crippen molar-refractivity contribution in [2.45, 2.75) is 39.5 Å². The van der Waals surface area contributed by atoms with Gasteiger partial charge in [-0.2, -0.15) is 0 Å². The summed E-state index contributed by atoms with van der Waals surface area (Å²) in [6.45, 7) is 5.71. The number of ether oxygens (including phenoxy) is 3. The minimum Gasteiger partial charge on any atom is -0.490 e. The summed E-state index contributed by atoms with van der Waals surface area (Å²) in [5.41, 5.74) is 1.94. The molecule has 0 atom stereocenters. The molecule has 0 saturated heterocycles. The predicted molar refractivity (Wildman–Crippen MR) is 126 cm³/mol. The predicted octanol–water partition coefficient (Wildman–Crippen LogP) is 5.29. The van der Waals surface area contributed by atoms with Crippen LogP contribution in [0.15, 0.2) is 48.0 Å². The second-order valence-electron chi connectivity index (χ2n) is 7.35. The van der Waals surface area contributed by atoms with Crippen LogP contribution in [0.5, 0.6) is 11.5 Å². The Morgan fingerprint density at radius 3 is 2.39 bits per heavy atom. The van der Waals surface area contributed by atoms with Gasteiger partial charge in [0.15, 0.2) is 11.5 Å². The minimum absolute atomic E-state index is 0.0527. The van der Waals surface area contributed by atoms with Gasteiger partial charge in [0.05, 0.1) is 24.7 Å². The van der Waals surface area contributed by atoms with E-state index in [-0.39, 0.29) is 11.3 Å². The van der Waals surface area contributed by atoms with Gasteiger partial charge in [0.25, 0.3) is 5.69 Å². The highest BCUT2D eigenvalue weighted by molar-refractivity contribution is 5.92. The Kier molecular flexibility index (Phi) is 10.9. The van der Waals surface area contributed by atoms with Gasteiger partial charge in [-0.05, 0) is 42.7 Å². The third kappa shape index (κ3) is 8.94. The van der Waals surface area contributed by atoms with E-state index in [9.17, 15) is 20.0 Å². The Balaban J connectivity index is 2.11. The number of unbranched alkanes of at least 4 members (excludes halogenated alkanes) is 1. The van der Waals surface area contributed by atoms with Gasteiger partial charge < -0.3 is 19.3 Å². The standard InChI is InChI=1S/C25H31NO7/c1-3-5-14-32-24-18-20(17-21(25(27)28)13-15-31-4-2)8-11-23(24)33-16-12-19-6-9-22(10-7-19)26(29)30/h6-11,17-18H,3-5,12-16H2,1-2H3,(H,27,28)/b21-17-. The summed E-state index contributed by atoms with van der Waals surface area (Å²) in [5.74, 6) is 0.137. The Morgan fingerprint density at radius 2 is 1.76 bits per heavy atom. The molecule has 0 aliphatic carbocycles. The fraction of sp³-hybridized carbons (Fsp3) is 0.400. The van der Waals surface area contributed by atoms with Crippen LogP contribution in [0.25, 0.3) is 6.08 Å². The molecule has 2 aromatic carbocycles. The normalized spacial score (nSPS) is 11.3. The fourth-order valence-electron chi connectivity index (χ4n) is 3.00. The zero-order chi connectivity index (χ0) is 24.1. The van der Waals surface area contributed by atoms with E-state index in [1.54, 1.807) is 36.4 Å². The van der Waals surface area contributed by atoms with Crippen molar-refractivity contribution in [2.24, 2.45) is 0 Å². The fourth-order valence-corrected chi connectivity index (χ4v) is 3.00. The first kappa shape index (κ1) is 25.9. The second-order valence-corrected chi connectivity index (χ2v) is 7.35. The largest absolute Gasteiger partial charge is 0.490 e. The average Bonchev–Trinajstić information content (AvgIpc) is 2.80. The van der Waals surface area contributed by atoms with Crippen LogP contribution in [0, 0.1) is 10.1 Å². The molecule has 2 aromatic rings. The Hall–Kier alpha value is -3.39. The molecule has 0 fully saturated rings. The lowest BCUT2D eigenvalue weighted by atomic mass is 10.1. The quantitative estimate of drug-likeness (QED) is 0.167. The van der Waals surface area contributed by atoms with Crippen molar-refractivity contribution in [1.29, 1.82) is 0 Å². The first-order valence-corrected chi connectivity index (χ1v) is 11.1. The van der Waals surface area contributed by atoms with Crippen LogP contribution in [0.3, 0.4) is 0 Å². The summed E-state index contributed by atoms with van der Waals surface area (Å²) >= 11 is 0. The summed E-state index contributed by atoms with van der Waals surface area (Å²) < 4.78 is 17.1. The molecule has 0 bridgehead atoms. The molecule has 2 rings (SSSR count). The lowest BCUT2D eigenvalue weighted by molar-refractivity contribution is -0.384. The van der Waals surface area contributed by atoms with E-state index in [4.69, 9.17) is 14.2 Å². The van der Waals surface area contributed by atoms with E-state index in [1.807, 2.05) is 6.92 Å². The van der Waals surface area contributed by atoms with Crippen molar-refractivity contribution >= 4 is 17.7 Å². The lowest BCUT2D eigenvalue weighted by Gasteiger charge is -2.14. The maximum atomic E-state index is 11.6. The van der Waals surface area contributed by atoms with Gasteiger partial charge >= 0.3 is 5.97 Å². The number of non-ortho nitro benzene ring substituents is 1. The highest BCUT2D eigenvalue weighted by atomic mass is 16.6. The number of rotatable bonds is 15. The van der Waals surface area contributed by atoms with Crippen LogP contribution in [0.4, 0.5) is 5.69 Å². The SMILES string of the molecule is CCCCOc1cc(/C=C(/CCOCC)C(=O)O)ccc1OCCc1ccc([N+](=O)[O-])cc1. The molecule has 178 valence electrons. The van der Waals surface area contributed by atoms with Crippen LogP contribution >= 0.6 is 0 Å². The summed E-state index contributed by atoms with van der Waals surface area (Å²) in [7, 11) is 0. The zero-order valence-corrected chi connectivity index (χ0v) is 19.1. The average molecular weight is 458 g/mol. The molecule has 0 aliphatic rings. The second kappa shape index (κ2) is 13.9. The van der Waals surface area contributed by atoms with Crippen LogP contribution in [0.2, 0.25) is 0 Å². The summed E-state index contributed by atoms with van der Waals surface area (Å²) in [5, 5.41) is 20.3. The van der Waals surface area contributed by atoms with Gasteiger partial charge in [0, 0.05) is 37.2 Å². The first-order valence-electron chi connectivity index (χ1n) is 11.1. The van der Waals surface area contributed by atoms with Crippen molar-refractivity contribution in [3.8, 4) is 11.5 Å². The molecule has 0 saturated carbocycles. The monoisotopic (exact) mass is 457 g/mol. The Morgan fingerprint density at radius 1 is 1.03 bits per heavy atom. The molecule has 0 heterocycles. The number of carbonyl (C=O) groups is 1.